The highest BCUT2D eigenvalue weighted by atomic mass is 16.4. The lowest BCUT2D eigenvalue weighted by atomic mass is 10.2. The predicted octanol–water partition coefficient (Wildman–Crippen LogP) is 2.27. The number of fused-ring (bicyclic) bond motifs is 1. The highest BCUT2D eigenvalue weighted by Gasteiger charge is 2.08. The summed E-state index contributed by atoms with van der Waals surface area (Å²) in [5.41, 5.74) is 1.04. The predicted molar refractivity (Wildman–Crippen MR) is 80.7 cm³/mol. The fourth-order valence-electron chi connectivity index (χ4n) is 2.08. The number of nitrogens with zero attached hydrogens (tertiary/aromatic N) is 1. The summed E-state index contributed by atoms with van der Waals surface area (Å²) in [5, 5.41) is 10.8. The van der Waals surface area contributed by atoms with Gasteiger partial charge in [-0.15, -0.1) is 0 Å². The second-order valence-corrected chi connectivity index (χ2v) is 4.67. The molecule has 0 saturated carbocycles. The van der Waals surface area contributed by atoms with Crippen LogP contribution in [-0.4, -0.2) is 22.8 Å². The molecular formula is C16H14N2O3. The molecule has 2 aromatic heterocycles. The van der Waals surface area contributed by atoms with Crippen LogP contribution in [-0.2, 0) is 0 Å². The molecule has 1 aromatic carbocycles. The van der Waals surface area contributed by atoms with Gasteiger partial charge in [0, 0.05) is 11.7 Å². The Labute approximate surface area is 120 Å². The third-order valence-corrected chi connectivity index (χ3v) is 3.16. The number of furan rings is 1. The van der Waals surface area contributed by atoms with E-state index < -0.39 is 6.10 Å². The van der Waals surface area contributed by atoms with E-state index in [4.69, 9.17) is 4.42 Å². The minimum atomic E-state index is -0.809. The van der Waals surface area contributed by atoms with E-state index in [0.29, 0.717) is 11.3 Å². The second kappa shape index (κ2) is 5.76. The van der Waals surface area contributed by atoms with E-state index in [2.05, 4.69) is 9.98 Å². The van der Waals surface area contributed by atoms with Crippen LogP contribution in [0.4, 0.5) is 0 Å². The van der Waals surface area contributed by atoms with Crippen molar-refractivity contribution in [3.05, 3.63) is 70.4 Å². The van der Waals surface area contributed by atoms with Crippen LogP contribution < -0.4 is 5.56 Å². The molecule has 0 radical (unpaired) electrons. The van der Waals surface area contributed by atoms with Gasteiger partial charge in [-0.2, -0.15) is 0 Å². The summed E-state index contributed by atoms with van der Waals surface area (Å²) in [4.78, 5) is 18.8. The molecule has 2 N–H and O–H groups in total. The topological polar surface area (TPSA) is 78.6 Å². The van der Waals surface area contributed by atoms with Gasteiger partial charge in [0.15, 0.2) is 0 Å². The highest BCUT2D eigenvalue weighted by Crippen LogP contribution is 2.13. The van der Waals surface area contributed by atoms with Crippen molar-refractivity contribution in [2.24, 2.45) is 4.99 Å². The summed E-state index contributed by atoms with van der Waals surface area (Å²) >= 11 is 0. The molecule has 0 spiro atoms. The molecule has 0 saturated heterocycles. The molecule has 0 amide bonds. The normalized spacial score (nSPS) is 13.0. The maximum atomic E-state index is 11.9. The average Bonchev–Trinajstić information content (AvgIpc) is 3.02. The van der Waals surface area contributed by atoms with Crippen LogP contribution in [0.3, 0.4) is 0 Å². The van der Waals surface area contributed by atoms with Crippen LogP contribution >= 0.6 is 0 Å². The fraction of sp³-hybridized carbons (Fsp3) is 0.125. The Balaban J connectivity index is 1.79. The van der Waals surface area contributed by atoms with E-state index in [1.54, 1.807) is 18.2 Å². The van der Waals surface area contributed by atoms with Crippen molar-refractivity contribution in [3.63, 3.8) is 0 Å². The van der Waals surface area contributed by atoms with Crippen molar-refractivity contribution in [2.75, 3.05) is 6.54 Å². The molecular weight excluding hydrogens is 268 g/mol. The number of aromatic nitrogens is 1. The summed E-state index contributed by atoms with van der Waals surface area (Å²) in [6, 6.07) is 12.7. The first kappa shape index (κ1) is 13.3. The summed E-state index contributed by atoms with van der Waals surface area (Å²) in [5.74, 6) is 0.458. The molecule has 1 unspecified atom stereocenters. The van der Waals surface area contributed by atoms with Gasteiger partial charge in [0.25, 0.3) is 5.56 Å². The van der Waals surface area contributed by atoms with E-state index in [9.17, 15) is 9.90 Å². The van der Waals surface area contributed by atoms with E-state index in [0.717, 1.165) is 10.9 Å². The lowest BCUT2D eigenvalue weighted by Crippen LogP contribution is -2.12. The highest BCUT2D eigenvalue weighted by molar-refractivity contribution is 5.87. The third-order valence-electron chi connectivity index (χ3n) is 3.16. The van der Waals surface area contributed by atoms with Gasteiger partial charge >= 0.3 is 0 Å². The Morgan fingerprint density at radius 1 is 1.29 bits per heavy atom. The number of pyridine rings is 1. The Morgan fingerprint density at radius 2 is 2.14 bits per heavy atom. The van der Waals surface area contributed by atoms with Crippen molar-refractivity contribution in [1.29, 1.82) is 0 Å². The summed E-state index contributed by atoms with van der Waals surface area (Å²) in [7, 11) is 0. The second-order valence-electron chi connectivity index (χ2n) is 4.67. The fourth-order valence-corrected chi connectivity index (χ4v) is 2.08. The Bertz CT molecular complexity index is 819. The maximum Gasteiger partial charge on any atom is 0.257 e. The monoisotopic (exact) mass is 282 g/mol. The lowest BCUT2D eigenvalue weighted by Gasteiger charge is -2.03. The number of aliphatic imine (C=N–C) groups is 1. The smallest absolute Gasteiger partial charge is 0.257 e. The van der Waals surface area contributed by atoms with Crippen LogP contribution in [0.2, 0.25) is 0 Å². The van der Waals surface area contributed by atoms with Crippen LogP contribution in [0.1, 0.15) is 17.4 Å². The van der Waals surface area contributed by atoms with Gasteiger partial charge in [-0.05, 0) is 29.7 Å². The third kappa shape index (κ3) is 2.93. The van der Waals surface area contributed by atoms with Gasteiger partial charge < -0.3 is 14.5 Å². The first-order valence-electron chi connectivity index (χ1n) is 6.57. The summed E-state index contributed by atoms with van der Waals surface area (Å²) in [6.45, 7) is 0.139. The zero-order chi connectivity index (χ0) is 14.7. The molecule has 0 aliphatic heterocycles. The quantitative estimate of drug-likeness (QED) is 0.720. The number of hydrogen-bond donors (Lipinski definition) is 2. The number of para-hydroxylation sites is 1. The molecule has 0 bridgehead atoms. The van der Waals surface area contributed by atoms with Gasteiger partial charge in [-0.1, -0.05) is 18.2 Å². The van der Waals surface area contributed by atoms with Crippen LogP contribution in [0, 0.1) is 0 Å². The van der Waals surface area contributed by atoms with Crippen LogP contribution in [0.5, 0.6) is 0 Å². The van der Waals surface area contributed by atoms with Crippen molar-refractivity contribution in [3.8, 4) is 0 Å². The molecule has 21 heavy (non-hydrogen) atoms. The standard InChI is InChI=1S/C16H14N2O3/c19-14(15-6-3-7-21-15)10-17-9-12-8-11-4-1-2-5-13(11)18-16(12)20/h1-9,14,19H,10H2,(H,18,20). The number of aliphatic hydroxyl groups is 1. The molecule has 0 aliphatic rings. The van der Waals surface area contributed by atoms with E-state index in [-0.39, 0.29) is 12.1 Å². The first-order chi connectivity index (χ1) is 10.2. The summed E-state index contributed by atoms with van der Waals surface area (Å²) < 4.78 is 5.09. The molecule has 5 nitrogen and oxygen atoms in total. The SMILES string of the molecule is O=c1[nH]c2ccccc2cc1C=NCC(O)c1ccco1. The van der Waals surface area contributed by atoms with E-state index in [1.165, 1.54) is 12.5 Å². The zero-order valence-corrected chi connectivity index (χ0v) is 11.2. The molecule has 0 aliphatic carbocycles. The Kier molecular flexibility index (Phi) is 3.66. The van der Waals surface area contributed by atoms with Gasteiger partial charge in [0.2, 0.25) is 0 Å². The van der Waals surface area contributed by atoms with Gasteiger partial charge in [0.1, 0.15) is 11.9 Å². The molecule has 106 valence electrons. The molecule has 5 heteroatoms. The maximum absolute atomic E-state index is 11.9. The molecule has 3 aromatic rings. The van der Waals surface area contributed by atoms with Gasteiger partial charge in [-0.25, -0.2) is 0 Å². The Hall–Kier alpha value is -2.66. The number of nitrogens with one attached hydrogen (secondary N) is 1. The van der Waals surface area contributed by atoms with Gasteiger partial charge in [-0.3, -0.25) is 9.79 Å². The minimum absolute atomic E-state index is 0.139. The number of benzene rings is 1. The molecule has 0 fully saturated rings. The van der Waals surface area contributed by atoms with Crippen LogP contribution in [0.15, 0.2) is 62.9 Å². The van der Waals surface area contributed by atoms with Crippen LogP contribution in [0.25, 0.3) is 10.9 Å². The summed E-state index contributed by atoms with van der Waals surface area (Å²) in [6.07, 6.45) is 2.16. The first-order valence-corrected chi connectivity index (χ1v) is 6.57. The average molecular weight is 282 g/mol. The van der Waals surface area contributed by atoms with Crippen molar-refractivity contribution in [2.45, 2.75) is 6.10 Å². The molecule has 3 rings (SSSR count). The van der Waals surface area contributed by atoms with Gasteiger partial charge in [0.05, 0.1) is 18.4 Å². The molecule has 2 heterocycles. The zero-order valence-electron chi connectivity index (χ0n) is 11.2. The van der Waals surface area contributed by atoms with Crippen molar-refractivity contribution < 1.29 is 9.52 Å². The number of rotatable bonds is 4. The largest absolute Gasteiger partial charge is 0.467 e. The lowest BCUT2D eigenvalue weighted by molar-refractivity contribution is 0.159. The number of H-pyrrole nitrogens is 1. The number of hydrogen-bond acceptors (Lipinski definition) is 4. The molecule has 1 atom stereocenters. The van der Waals surface area contributed by atoms with Crippen molar-refractivity contribution >= 4 is 17.1 Å². The van der Waals surface area contributed by atoms with Crippen molar-refractivity contribution in [1.82, 2.24) is 4.98 Å². The number of aromatic amines is 1. The van der Waals surface area contributed by atoms with E-state index >= 15 is 0 Å². The Morgan fingerprint density at radius 3 is 2.95 bits per heavy atom. The van der Waals surface area contributed by atoms with E-state index in [1.807, 2.05) is 24.3 Å². The minimum Gasteiger partial charge on any atom is -0.467 e. The number of aliphatic hydroxyl groups excluding tert-OH is 1.